The average Bonchev–Trinajstić information content (AvgIpc) is 2.39. The van der Waals surface area contributed by atoms with Gasteiger partial charge >= 0.3 is 0 Å². The first-order valence-corrected chi connectivity index (χ1v) is 7.14. The standard InChI is InChI=1S/C16H22N2O/c1-4-6-13(7-5-2)18-9-8-16(19)14-11-17-12(3)10-15(14)18/h8-11,13H,4-7H2,1-3H3. The van der Waals surface area contributed by atoms with Gasteiger partial charge in [-0.15, -0.1) is 0 Å². The van der Waals surface area contributed by atoms with E-state index in [1.807, 2.05) is 19.2 Å². The number of aryl methyl sites for hydroxylation is 1. The minimum atomic E-state index is 0.0606. The summed E-state index contributed by atoms with van der Waals surface area (Å²) >= 11 is 0. The lowest BCUT2D eigenvalue weighted by Gasteiger charge is -2.22. The molecule has 0 aliphatic heterocycles. The number of fused-ring (bicyclic) bond motifs is 1. The van der Waals surface area contributed by atoms with Crippen molar-refractivity contribution in [3.8, 4) is 0 Å². The summed E-state index contributed by atoms with van der Waals surface area (Å²) in [7, 11) is 0. The van der Waals surface area contributed by atoms with Crippen LogP contribution in [0.2, 0.25) is 0 Å². The maximum atomic E-state index is 11.9. The predicted molar refractivity (Wildman–Crippen MR) is 79.6 cm³/mol. The van der Waals surface area contributed by atoms with Crippen molar-refractivity contribution in [2.45, 2.75) is 52.5 Å². The molecule has 2 aromatic rings. The first-order valence-electron chi connectivity index (χ1n) is 7.14. The van der Waals surface area contributed by atoms with Gasteiger partial charge < -0.3 is 4.57 Å². The normalized spacial score (nSPS) is 11.4. The third-order valence-corrected chi connectivity index (χ3v) is 3.59. The summed E-state index contributed by atoms with van der Waals surface area (Å²) in [5.41, 5.74) is 2.04. The molecule has 3 nitrogen and oxygen atoms in total. The Hall–Kier alpha value is -1.64. The van der Waals surface area contributed by atoms with Crippen molar-refractivity contribution in [1.29, 1.82) is 0 Å². The summed E-state index contributed by atoms with van der Waals surface area (Å²) in [4.78, 5) is 16.2. The molecule has 0 aliphatic carbocycles. The van der Waals surface area contributed by atoms with Gasteiger partial charge in [-0.25, -0.2) is 0 Å². The molecule has 0 amide bonds. The van der Waals surface area contributed by atoms with E-state index >= 15 is 0 Å². The highest BCUT2D eigenvalue weighted by Gasteiger charge is 2.12. The third kappa shape index (κ3) is 2.86. The van der Waals surface area contributed by atoms with Gasteiger partial charge in [0.15, 0.2) is 5.43 Å². The Labute approximate surface area is 114 Å². The minimum absolute atomic E-state index is 0.0606. The number of nitrogens with zero attached hydrogens (tertiary/aromatic N) is 2. The highest BCUT2D eigenvalue weighted by molar-refractivity contribution is 5.78. The van der Waals surface area contributed by atoms with E-state index in [9.17, 15) is 4.79 Å². The Kier molecular flexibility index (Phi) is 4.35. The Balaban J connectivity index is 2.61. The van der Waals surface area contributed by atoms with E-state index < -0.39 is 0 Å². The number of rotatable bonds is 5. The predicted octanol–water partition coefficient (Wildman–Crippen LogP) is 3.85. The lowest BCUT2D eigenvalue weighted by Crippen LogP contribution is -2.14. The van der Waals surface area contributed by atoms with E-state index in [1.54, 1.807) is 12.3 Å². The highest BCUT2D eigenvalue weighted by Crippen LogP contribution is 2.23. The number of hydrogen-bond acceptors (Lipinski definition) is 2. The van der Waals surface area contributed by atoms with Crippen LogP contribution < -0.4 is 5.43 Å². The van der Waals surface area contributed by atoms with E-state index in [0.29, 0.717) is 6.04 Å². The maximum absolute atomic E-state index is 11.9. The van der Waals surface area contributed by atoms with Crippen LogP contribution in [0.3, 0.4) is 0 Å². The van der Waals surface area contributed by atoms with Gasteiger partial charge in [-0.3, -0.25) is 9.78 Å². The van der Waals surface area contributed by atoms with Gasteiger partial charge in [-0.1, -0.05) is 26.7 Å². The van der Waals surface area contributed by atoms with Crippen LogP contribution in [0.15, 0.2) is 29.3 Å². The second kappa shape index (κ2) is 6.00. The van der Waals surface area contributed by atoms with E-state index in [2.05, 4.69) is 23.4 Å². The molecule has 0 saturated carbocycles. The highest BCUT2D eigenvalue weighted by atomic mass is 16.1. The van der Waals surface area contributed by atoms with Crippen LogP contribution in [0.5, 0.6) is 0 Å². The first-order chi connectivity index (χ1) is 9.17. The average molecular weight is 258 g/mol. The zero-order chi connectivity index (χ0) is 13.8. The van der Waals surface area contributed by atoms with Crippen molar-refractivity contribution in [1.82, 2.24) is 9.55 Å². The maximum Gasteiger partial charge on any atom is 0.190 e. The van der Waals surface area contributed by atoms with Crippen molar-refractivity contribution < 1.29 is 0 Å². The van der Waals surface area contributed by atoms with Crippen LogP contribution in [-0.4, -0.2) is 9.55 Å². The third-order valence-electron chi connectivity index (χ3n) is 3.59. The Morgan fingerprint density at radius 2 is 1.95 bits per heavy atom. The molecule has 0 atom stereocenters. The quantitative estimate of drug-likeness (QED) is 0.816. The molecule has 3 heteroatoms. The number of hydrogen-bond donors (Lipinski definition) is 0. The first kappa shape index (κ1) is 13.8. The van der Waals surface area contributed by atoms with Crippen molar-refractivity contribution in [3.05, 3.63) is 40.4 Å². The van der Waals surface area contributed by atoms with E-state index in [4.69, 9.17) is 0 Å². The summed E-state index contributed by atoms with van der Waals surface area (Å²) < 4.78 is 2.26. The smallest absolute Gasteiger partial charge is 0.190 e. The Morgan fingerprint density at radius 3 is 2.58 bits per heavy atom. The monoisotopic (exact) mass is 258 g/mol. The van der Waals surface area contributed by atoms with Crippen molar-refractivity contribution in [2.75, 3.05) is 0 Å². The molecule has 0 N–H and O–H groups in total. The van der Waals surface area contributed by atoms with Crippen molar-refractivity contribution in [3.63, 3.8) is 0 Å². The van der Waals surface area contributed by atoms with Gasteiger partial charge in [-0.05, 0) is 25.8 Å². The molecule has 0 unspecified atom stereocenters. The van der Waals surface area contributed by atoms with E-state index in [-0.39, 0.29) is 5.43 Å². The molecule has 0 aliphatic rings. The molecule has 0 spiro atoms. The zero-order valence-corrected chi connectivity index (χ0v) is 12.0. The lowest BCUT2D eigenvalue weighted by molar-refractivity contribution is 0.435. The summed E-state index contributed by atoms with van der Waals surface area (Å²) in [6, 6.07) is 4.16. The molecular weight excluding hydrogens is 236 g/mol. The van der Waals surface area contributed by atoms with Crippen molar-refractivity contribution >= 4 is 10.9 Å². The van der Waals surface area contributed by atoms with Crippen LogP contribution in [-0.2, 0) is 0 Å². The fraction of sp³-hybridized carbons (Fsp3) is 0.500. The molecule has 0 bridgehead atoms. The molecule has 0 saturated heterocycles. The molecule has 102 valence electrons. The SMILES string of the molecule is CCCC(CCC)n1ccc(=O)c2cnc(C)cc21. The molecule has 0 fully saturated rings. The summed E-state index contributed by atoms with van der Waals surface area (Å²) in [6.07, 6.45) is 8.25. The fourth-order valence-corrected chi connectivity index (χ4v) is 2.67. The molecule has 2 heterocycles. The van der Waals surface area contributed by atoms with Gasteiger partial charge in [0, 0.05) is 30.2 Å². The Bertz CT molecular complexity index is 610. The van der Waals surface area contributed by atoms with E-state index in [1.165, 1.54) is 0 Å². The second-order valence-corrected chi connectivity index (χ2v) is 5.16. The summed E-state index contributed by atoms with van der Waals surface area (Å²) in [5.74, 6) is 0. The number of pyridine rings is 2. The Morgan fingerprint density at radius 1 is 1.26 bits per heavy atom. The molecule has 0 aromatic carbocycles. The van der Waals surface area contributed by atoms with Gasteiger partial charge in [0.05, 0.1) is 10.9 Å². The van der Waals surface area contributed by atoms with Gasteiger partial charge in [0.2, 0.25) is 0 Å². The van der Waals surface area contributed by atoms with Crippen LogP contribution in [0, 0.1) is 6.92 Å². The summed E-state index contributed by atoms with van der Waals surface area (Å²) in [6.45, 7) is 6.39. The molecule has 2 rings (SSSR count). The molecule has 0 radical (unpaired) electrons. The minimum Gasteiger partial charge on any atom is -0.344 e. The van der Waals surface area contributed by atoms with Crippen LogP contribution >= 0.6 is 0 Å². The van der Waals surface area contributed by atoms with Crippen LogP contribution in [0.25, 0.3) is 10.9 Å². The van der Waals surface area contributed by atoms with Crippen molar-refractivity contribution in [2.24, 2.45) is 0 Å². The molecule has 2 aromatic heterocycles. The zero-order valence-electron chi connectivity index (χ0n) is 12.0. The number of aromatic nitrogens is 2. The summed E-state index contributed by atoms with van der Waals surface area (Å²) in [5, 5.41) is 0.727. The second-order valence-electron chi connectivity index (χ2n) is 5.16. The van der Waals surface area contributed by atoms with Gasteiger partial charge in [0.1, 0.15) is 0 Å². The largest absolute Gasteiger partial charge is 0.344 e. The molecular formula is C16H22N2O. The van der Waals surface area contributed by atoms with Gasteiger partial charge in [0.25, 0.3) is 0 Å². The van der Waals surface area contributed by atoms with Crippen LogP contribution in [0.4, 0.5) is 0 Å². The topological polar surface area (TPSA) is 34.9 Å². The molecule has 19 heavy (non-hydrogen) atoms. The lowest BCUT2D eigenvalue weighted by atomic mass is 10.1. The van der Waals surface area contributed by atoms with Crippen LogP contribution in [0.1, 0.15) is 51.3 Å². The van der Waals surface area contributed by atoms with Gasteiger partial charge in [-0.2, -0.15) is 0 Å². The fourth-order valence-electron chi connectivity index (χ4n) is 2.67. The van der Waals surface area contributed by atoms with E-state index in [0.717, 1.165) is 42.3 Å².